The van der Waals surface area contributed by atoms with Crippen LogP contribution in [0.3, 0.4) is 0 Å². The van der Waals surface area contributed by atoms with Crippen molar-refractivity contribution in [2.24, 2.45) is 5.92 Å². The van der Waals surface area contributed by atoms with E-state index in [-0.39, 0.29) is 0 Å². The Balaban J connectivity index is 1.66. The molecule has 3 heteroatoms. The number of nitrogens with one attached hydrogen (secondary N) is 1. The molecule has 1 aromatic heterocycles. The second-order valence-electron chi connectivity index (χ2n) is 5.97. The molecule has 1 aromatic carbocycles. The number of anilines is 1. The first kappa shape index (κ1) is 14.2. The summed E-state index contributed by atoms with van der Waals surface area (Å²) in [6.07, 6.45) is 10.2. The third kappa shape index (κ3) is 3.46. The number of nitrogens with zero attached hydrogens (tertiary/aromatic N) is 1. The van der Waals surface area contributed by atoms with Crippen LogP contribution in [-0.4, -0.2) is 18.6 Å². The molecular formula is C18H24N2O. The minimum Gasteiger partial charge on any atom is -0.497 e. The number of pyridine rings is 1. The maximum Gasteiger partial charge on any atom is 0.133 e. The lowest BCUT2D eigenvalue weighted by molar-refractivity contribution is 0.345. The summed E-state index contributed by atoms with van der Waals surface area (Å²) in [5, 5.41) is 5.86. The van der Waals surface area contributed by atoms with E-state index in [4.69, 9.17) is 4.74 Å². The fourth-order valence-corrected chi connectivity index (χ4v) is 3.29. The number of hydrogen-bond donors (Lipinski definition) is 1. The molecule has 0 saturated heterocycles. The lowest BCUT2D eigenvalue weighted by Crippen LogP contribution is -2.12. The molecule has 0 bridgehead atoms. The Kier molecular flexibility index (Phi) is 4.59. The van der Waals surface area contributed by atoms with Crippen molar-refractivity contribution in [3.63, 3.8) is 0 Å². The first-order chi connectivity index (χ1) is 10.4. The van der Waals surface area contributed by atoms with Gasteiger partial charge in [0, 0.05) is 18.1 Å². The first-order valence-corrected chi connectivity index (χ1v) is 8.03. The van der Waals surface area contributed by atoms with Crippen LogP contribution in [0.1, 0.15) is 38.5 Å². The van der Waals surface area contributed by atoms with Gasteiger partial charge in [0.05, 0.1) is 7.11 Å². The Bertz CT molecular complexity index is 591. The average molecular weight is 284 g/mol. The number of ether oxygens (including phenoxy) is 1. The summed E-state index contributed by atoms with van der Waals surface area (Å²) in [7, 11) is 1.70. The van der Waals surface area contributed by atoms with Crippen LogP contribution in [0.4, 0.5) is 5.82 Å². The summed E-state index contributed by atoms with van der Waals surface area (Å²) in [4.78, 5) is 4.49. The number of methoxy groups -OCH3 is 1. The van der Waals surface area contributed by atoms with Gasteiger partial charge >= 0.3 is 0 Å². The van der Waals surface area contributed by atoms with Gasteiger partial charge in [-0.05, 0) is 42.0 Å². The van der Waals surface area contributed by atoms with Crippen LogP contribution in [0.5, 0.6) is 5.75 Å². The predicted octanol–water partition coefficient (Wildman–Crippen LogP) is 4.63. The van der Waals surface area contributed by atoms with Gasteiger partial charge in [-0.25, -0.2) is 4.98 Å². The highest BCUT2D eigenvalue weighted by atomic mass is 16.5. The average Bonchev–Trinajstić information content (AvgIpc) is 2.55. The molecule has 112 valence electrons. The number of benzene rings is 1. The zero-order valence-electron chi connectivity index (χ0n) is 12.8. The van der Waals surface area contributed by atoms with Crippen molar-refractivity contribution >= 4 is 16.6 Å². The molecule has 21 heavy (non-hydrogen) atoms. The smallest absolute Gasteiger partial charge is 0.133 e. The van der Waals surface area contributed by atoms with Gasteiger partial charge < -0.3 is 10.1 Å². The van der Waals surface area contributed by atoms with Gasteiger partial charge in [-0.2, -0.15) is 0 Å². The van der Waals surface area contributed by atoms with Gasteiger partial charge in [-0.15, -0.1) is 0 Å². The predicted molar refractivity (Wildman–Crippen MR) is 88.0 cm³/mol. The highest BCUT2D eigenvalue weighted by Gasteiger charge is 2.13. The molecule has 1 fully saturated rings. The molecular weight excluding hydrogens is 260 g/mol. The van der Waals surface area contributed by atoms with Gasteiger partial charge in [0.15, 0.2) is 0 Å². The van der Waals surface area contributed by atoms with Gasteiger partial charge in [0.25, 0.3) is 0 Å². The minimum atomic E-state index is 0.891. The summed E-state index contributed by atoms with van der Waals surface area (Å²) >= 11 is 0. The summed E-state index contributed by atoms with van der Waals surface area (Å²) in [5.74, 6) is 2.79. The molecule has 1 saturated carbocycles. The van der Waals surface area contributed by atoms with Crippen LogP contribution in [-0.2, 0) is 0 Å². The second-order valence-corrected chi connectivity index (χ2v) is 5.97. The highest BCUT2D eigenvalue weighted by molar-refractivity contribution is 5.92. The van der Waals surface area contributed by atoms with E-state index < -0.39 is 0 Å². The molecule has 3 nitrogen and oxygen atoms in total. The number of fused-ring (bicyclic) bond motifs is 1. The fourth-order valence-electron chi connectivity index (χ4n) is 3.29. The van der Waals surface area contributed by atoms with Crippen molar-refractivity contribution in [2.75, 3.05) is 19.0 Å². The molecule has 0 radical (unpaired) electrons. The molecule has 0 unspecified atom stereocenters. The molecule has 0 atom stereocenters. The quantitative estimate of drug-likeness (QED) is 0.869. The Morgan fingerprint density at radius 3 is 2.86 bits per heavy atom. The molecule has 1 heterocycles. The van der Waals surface area contributed by atoms with E-state index >= 15 is 0 Å². The van der Waals surface area contributed by atoms with Crippen LogP contribution >= 0.6 is 0 Å². The SMILES string of the molecule is COc1ccc2c(NCCC3CCCCC3)nccc2c1. The molecule has 1 N–H and O–H groups in total. The van der Waals surface area contributed by atoms with Crippen LogP contribution in [0, 0.1) is 5.92 Å². The van der Waals surface area contributed by atoms with Crippen molar-refractivity contribution in [2.45, 2.75) is 38.5 Å². The Hall–Kier alpha value is -1.77. The maximum atomic E-state index is 5.28. The molecule has 1 aliphatic rings. The third-order valence-corrected chi connectivity index (χ3v) is 4.54. The third-order valence-electron chi connectivity index (χ3n) is 4.54. The lowest BCUT2D eigenvalue weighted by Gasteiger charge is -2.21. The Morgan fingerprint density at radius 1 is 1.19 bits per heavy atom. The van der Waals surface area contributed by atoms with E-state index in [1.54, 1.807) is 7.11 Å². The van der Waals surface area contributed by atoms with Crippen LogP contribution in [0.2, 0.25) is 0 Å². The van der Waals surface area contributed by atoms with E-state index in [0.717, 1.165) is 24.0 Å². The van der Waals surface area contributed by atoms with Crippen LogP contribution in [0.25, 0.3) is 10.8 Å². The molecule has 1 aliphatic carbocycles. The van der Waals surface area contributed by atoms with E-state index in [0.29, 0.717) is 0 Å². The lowest BCUT2D eigenvalue weighted by atomic mass is 9.87. The summed E-state index contributed by atoms with van der Waals surface area (Å²) in [5.41, 5.74) is 0. The Morgan fingerprint density at radius 2 is 2.05 bits per heavy atom. The molecule has 2 aromatic rings. The molecule has 3 rings (SSSR count). The van der Waals surface area contributed by atoms with E-state index in [1.165, 1.54) is 49.3 Å². The largest absolute Gasteiger partial charge is 0.497 e. The van der Waals surface area contributed by atoms with E-state index in [2.05, 4.69) is 22.4 Å². The summed E-state index contributed by atoms with van der Waals surface area (Å²) in [6.45, 7) is 1.02. The van der Waals surface area contributed by atoms with Gasteiger partial charge in [0.1, 0.15) is 11.6 Å². The summed E-state index contributed by atoms with van der Waals surface area (Å²) < 4.78 is 5.28. The topological polar surface area (TPSA) is 34.1 Å². The zero-order valence-corrected chi connectivity index (χ0v) is 12.8. The monoisotopic (exact) mass is 284 g/mol. The zero-order chi connectivity index (χ0) is 14.5. The molecule has 0 spiro atoms. The molecule has 0 amide bonds. The first-order valence-electron chi connectivity index (χ1n) is 8.03. The number of aromatic nitrogens is 1. The van der Waals surface area contributed by atoms with Gasteiger partial charge in [-0.3, -0.25) is 0 Å². The number of hydrogen-bond acceptors (Lipinski definition) is 3. The fraction of sp³-hybridized carbons (Fsp3) is 0.500. The van der Waals surface area contributed by atoms with Crippen molar-refractivity contribution in [3.05, 3.63) is 30.5 Å². The van der Waals surface area contributed by atoms with Gasteiger partial charge in [0.2, 0.25) is 0 Å². The van der Waals surface area contributed by atoms with Crippen molar-refractivity contribution in [1.82, 2.24) is 4.98 Å². The van der Waals surface area contributed by atoms with Crippen LogP contribution in [0.15, 0.2) is 30.5 Å². The van der Waals surface area contributed by atoms with Gasteiger partial charge in [-0.1, -0.05) is 32.1 Å². The standard InChI is InChI=1S/C18H24N2O/c1-21-16-7-8-17-15(13-16)10-12-20-18(17)19-11-9-14-5-3-2-4-6-14/h7-8,10,12-14H,2-6,9,11H2,1H3,(H,19,20). The van der Waals surface area contributed by atoms with E-state index in [9.17, 15) is 0 Å². The van der Waals surface area contributed by atoms with Crippen LogP contribution < -0.4 is 10.1 Å². The summed E-state index contributed by atoms with van der Waals surface area (Å²) in [6, 6.07) is 8.17. The Labute approximate surface area is 126 Å². The number of rotatable bonds is 5. The van der Waals surface area contributed by atoms with Crippen molar-refractivity contribution < 1.29 is 4.74 Å². The highest BCUT2D eigenvalue weighted by Crippen LogP contribution is 2.28. The normalized spacial score (nSPS) is 16.0. The van der Waals surface area contributed by atoms with E-state index in [1.807, 2.05) is 18.3 Å². The van der Waals surface area contributed by atoms with Crippen molar-refractivity contribution in [3.8, 4) is 5.75 Å². The second kappa shape index (κ2) is 6.79. The molecule has 0 aliphatic heterocycles. The van der Waals surface area contributed by atoms with Crippen molar-refractivity contribution in [1.29, 1.82) is 0 Å². The minimum absolute atomic E-state index is 0.891. The maximum absolute atomic E-state index is 5.28.